The zero-order chi connectivity index (χ0) is 22.1. The van der Waals surface area contributed by atoms with Crippen molar-refractivity contribution < 1.29 is 9.59 Å². The highest BCUT2D eigenvalue weighted by atomic mass is 16.2. The molecule has 178 valence electrons. The molecule has 0 fully saturated rings. The van der Waals surface area contributed by atoms with Gasteiger partial charge in [0.25, 0.3) is 0 Å². The molecule has 0 aliphatic carbocycles. The smallest absolute Gasteiger partial charge is 0.219 e. The minimum atomic E-state index is 0.209. The summed E-state index contributed by atoms with van der Waals surface area (Å²) >= 11 is 0. The number of hydrogen-bond acceptors (Lipinski definition) is 2. The largest absolute Gasteiger partial charge is 0.356 e. The molecular weight excluding hydrogens is 372 g/mol. The van der Waals surface area contributed by atoms with Crippen molar-refractivity contribution >= 4 is 11.8 Å². The third-order valence-electron chi connectivity index (χ3n) is 5.76. The number of hydrogen-bond donors (Lipinski definition) is 2. The lowest BCUT2D eigenvalue weighted by atomic mass is 10.1. The van der Waals surface area contributed by atoms with Crippen LogP contribution in [0.4, 0.5) is 0 Å². The maximum Gasteiger partial charge on any atom is 0.219 e. The minimum absolute atomic E-state index is 0.209. The van der Waals surface area contributed by atoms with Gasteiger partial charge in [-0.2, -0.15) is 0 Å². The van der Waals surface area contributed by atoms with Crippen LogP contribution >= 0.6 is 0 Å². The minimum Gasteiger partial charge on any atom is -0.356 e. The van der Waals surface area contributed by atoms with Gasteiger partial charge in [0, 0.05) is 25.9 Å². The van der Waals surface area contributed by atoms with Gasteiger partial charge in [0.1, 0.15) is 0 Å². The average Bonchev–Trinajstić information content (AvgIpc) is 2.74. The van der Waals surface area contributed by atoms with Crippen molar-refractivity contribution in [2.45, 2.75) is 142 Å². The Labute approximate surface area is 187 Å². The molecule has 0 bridgehead atoms. The van der Waals surface area contributed by atoms with Crippen LogP contribution in [0.15, 0.2) is 0 Å². The van der Waals surface area contributed by atoms with Crippen LogP contribution in [0, 0.1) is 0 Å². The van der Waals surface area contributed by atoms with E-state index >= 15 is 0 Å². The molecule has 0 heterocycles. The number of amides is 2. The Morgan fingerprint density at radius 1 is 0.433 bits per heavy atom. The van der Waals surface area contributed by atoms with Gasteiger partial charge in [-0.25, -0.2) is 0 Å². The number of carbonyl (C=O) groups excluding carboxylic acids is 2. The van der Waals surface area contributed by atoms with Crippen LogP contribution in [0.2, 0.25) is 0 Å². The molecule has 0 aromatic heterocycles. The van der Waals surface area contributed by atoms with Gasteiger partial charge in [0.15, 0.2) is 0 Å². The summed E-state index contributed by atoms with van der Waals surface area (Å²) in [7, 11) is 0. The van der Waals surface area contributed by atoms with E-state index < -0.39 is 0 Å². The van der Waals surface area contributed by atoms with Gasteiger partial charge >= 0.3 is 0 Å². The zero-order valence-electron chi connectivity index (χ0n) is 20.4. The molecular formula is C26H52N2O2. The second-order valence-electron chi connectivity index (χ2n) is 8.86. The van der Waals surface area contributed by atoms with Crippen molar-refractivity contribution in [1.82, 2.24) is 10.6 Å². The fourth-order valence-corrected chi connectivity index (χ4v) is 3.72. The second-order valence-corrected chi connectivity index (χ2v) is 8.86. The topological polar surface area (TPSA) is 58.2 Å². The standard InChI is InChI=1S/C26H52N2O2/c1-3-5-7-9-11-13-17-21-25(29)27-23-19-15-16-20-24-28-26(30)22-18-14-12-10-8-6-4-2/h3-24H2,1-2H3,(H,27,29)(H,28,30). The van der Waals surface area contributed by atoms with Crippen LogP contribution < -0.4 is 10.6 Å². The normalized spacial score (nSPS) is 10.9. The van der Waals surface area contributed by atoms with Crippen LogP contribution in [0.1, 0.15) is 142 Å². The summed E-state index contributed by atoms with van der Waals surface area (Å²) in [5.41, 5.74) is 0. The number of carbonyl (C=O) groups is 2. The molecule has 0 saturated heterocycles. The van der Waals surface area contributed by atoms with E-state index in [-0.39, 0.29) is 11.8 Å². The summed E-state index contributed by atoms with van der Waals surface area (Å²) in [6.07, 6.45) is 23.2. The van der Waals surface area contributed by atoms with E-state index in [0.717, 1.165) is 51.6 Å². The summed E-state index contributed by atoms with van der Waals surface area (Å²) in [6.45, 7) is 6.06. The Hall–Kier alpha value is -1.06. The van der Waals surface area contributed by atoms with E-state index in [1.165, 1.54) is 77.0 Å². The zero-order valence-corrected chi connectivity index (χ0v) is 20.4. The Bertz CT molecular complexity index is 349. The van der Waals surface area contributed by atoms with E-state index in [9.17, 15) is 9.59 Å². The molecule has 2 N–H and O–H groups in total. The molecule has 0 aromatic rings. The Morgan fingerprint density at radius 2 is 0.733 bits per heavy atom. The summed E-state index contributed by atoms with van der Waals surface area (Å²) in [5.74, 6) is 0.419. The fraction of sp³-hybridized carbons (Fsp3) is 0.923. The summed E-state index contributed by atoms with van der Waals surface area (Å²) < 4.78 is 0. The van der Waals surface area contributed by atoms with Crippen LogP contribution in [0.25, 0.3) is 0 Å². The molecule has 4 heteroatoms. The van der Waals surface area contributed by atoms with Gasteiger partial charge in [0.05, 0.1) is 0 Å². The first-order valence-electron chi connectivity index (χ1n) is 13.2. The number of unbranched alkanes of at least 4 members (excludes halogenated alkanes) is 15. The molecule has 0 aliphatic rings. The third-order valence-corrected chi connectivity index (χ3v) is 5.76. The molecule has 0 unspecified atom stereocenters. The predicted molar refractivity (Wildman–Crippen MR) is 130 cm³/mol. The Kier molecular flexibility index (Phi) is 23.4. The maximum absolute atomic E-state index is 11.8. The fourth-order valence-electron chi connectivity index (χ4n) is 3.72. The first kappa shape index (κ1) is 28.9. The van der Waals surface area contributed by atoms with Gasteiger partial charge in [-0.15, -0.1) is 0 Å². The number of nitrogens with one attached hydrogen (secondary N) is 2. The molecule has 4 nitrogen and oxygen atoms in total. The van der Waals surface area contributed by atoms with Gasteiger partial charge < -0.3 is 10.6 Å². The van der Waals surface area contributed by atoms with E-state index in [1.54, 1.807) is 0 Å². The third kappa shape index (κ3) is 23.2. The molecule has 0 saturated carbocycles. The van der Waals surface area contributed by atoms with Crippen molar-refractivity contribution in [2.75, 3.05) is 13.1 Å². The summed E-state index contributed by atoms with van der Waals surface area (Å²) in [5, 5.41) is 6.08. The molecule has 0 spiro atoms. The van der Waals surface area contributed by atoms with Crippen molar-refractivity contribution in [3.8, 4) is 0 Å². The molecule has 0 aliphatic heterocycles. The first-order chi connectivity index (χ1) is 14.7. The van der Waals surface area contributed by atoms with Gasteiger partial charge in [-0.1, -0.05) is 104 Å². The SMILES string of the molecule is CCCCCCCCCC(=O)NCCCCCCNC(=O)CCCCCCCCC. The molecule has 0 aromatic carbocycles. The lowest BCUT2D eigenvalue weighted by Gasteiger charge is -2.07. The van der Waals surface area contributed by atoms with Crippen LogP contribution in [0.3, 0.4) is 0 Å². The summed E-state index contributed by atoms with van der Waals surface area (Å²) in [4.78, 5) is 23.6. The molecule has 2 amide bonds. The molecule has 0 rings (SSSR count). The monoisotopic (exact) mass is 424 g/mol. The van der Waals surface area contributed by atoms with Crippen LogP contribution in [-0.4, -0.2) is 24.9 Å². The maximum atomic E-state index is 11.8. The molecule has 0 atom stereocenters. The lowest BCUT2D eigenvalue weighted by molar-refractivity contribution is -0.122. The summed E-state index contributed by atoms with van der Waals surface area (Å²) in [6, 6.07) is 0. The molecule has 30 heavy (non-hydrogen) atoms. The Balaban J connectivity index is 3.25. The predicted octanol–water partition coefficient (Wildman–Crippen LogP) is 7.06. The van der Waals surface area contributed by atoms with Crippen LogP contribution in [-0.2, 0) is 9.59 Å². The van der Waals surface area contributed by atoms with Gasteiger partial charge in [0.2, 0.25) is 11.8 Å². The van der Waals surface area contributed by atoms with Gasteiger partial charge in [-0.05, 0) is 25.7 Å². The van der Waals surface area contributed by atoms with Gasteiger partial charge in [-0.3, -0.25) is 9.59 Å². The van der Waals surface area contributed by atoms with E-state index in [0.29, 0.717) is 12.8 Å². The van der Waals surface area contributed by atoms with Crippen LogP contribution in [0.5, 0.6) is 0 Å². The van der Waals surface area contributed by atoms with Crippen molar-refractivity contribution in [3.63, 3.8) is 0 Å². The highest BCUT2D eigenvalue weighted by Gasteiger charge is 2.02. The molecule has 0 radical (unpaired) electrons. The van der Waals surface area contributed by atoms with E-state index in [4.69, 9.17) is 0 Å². The number of rotatable bonds is 23. The lowest BCUT2D eigenvalue weighted by Crippen LogP contribution is -2.24. The van der Waals surface area contributed by atoms with Crippen molar-refractivity contribution in [1.29, 1.82) is 0 Å². The Morgan fingerprint density at radius 3 is 1.10 bits per heavy atom. The van der Waals surface area contributed by atoms with Crippen molar-refractivity contribution in [3.05, 3.63) is 0 Å². The average molecular weight is 425 g/mol. The second kappa shape index (κ2) is 24.2. The van der Waals surface area contributed by atoms with E-state index in [2.05, 4.69) is 24.5 Å². The van der Waals surface area contributed by atoms with Crippen molar-refractivity contribution in [2.24, 2.45) is 0 Å². The highest BCUT2D eigenvalue weighted by Crippen LogP contribution is 2.09. The quantitative estimate of drug-likeness (QED) is 0.172. The highest BCUT2D eigenvalue weighted by molar-refractivity contribution is 5.76. The first-order valence-corrected chi connectivity index (χ1v) is 13.2. The van der Waals surface area contributed by atoms with E-state index in [1.807, 2.05) is 0 Å².